The molecule has 0 aliphatic carbocycles. The molecule has 9 heteroatoms. The Kier molecular flexibility index (Phi) is 6.80. The van der Waals surface area contributed by atoms with Crippen LogP contribution in [0.2, 0.25) is 0 Å². The van der Waals surface area contributed by atoms with Crippen molar-refractivity contribution in [2.24, 2.45) is 0 Å². The van der Waals surface area contributed by atoms with Crippen LogP contribution >= 0.6 is 11.3 Å². The summed E-state index contributed by atoms with van der Waals surface area (Å²) in [6.07, 6.45) is 1.48. The first kappa shape index (κ1) is 22.2. The van der Waals surface area contributed by atoms with Crippen LogP contribution in [-0.4, -0.2) is 33.2 Å². The van der Waals surface area contributed by atoms with Crippen molar-refractivity contribution >= 4 is 28.9 Å². The first-order valence-electron chi connectivity index (χ1n) is 10.3. The molecule has 33 heavy (non-hydrogen) atoms. The lowest BCUT2D eigenvalue weighted by Gasteiger charge is -2.12. The average molecular weight is 463 g/mol. The molecule has 4 rings (SSSR count). The molecule has 4 aromatic rings. The maximum absolute atomic E-state index is 12.8. The molecular formula is C24H22N4O4S. The topological polar surface area (TPSA) is 95.3 Å². The highest BCUT2D eigenvalue weighted by atomic mass is 32.1. The summed E-state index contributed by atoms with van der Waals surface area (Å²) in [5.41, 5.74) is 5.43. The number of amides is 1. The summed E-state index contributed by atoms with van der Waals surface area (Å²) in [6.45, 7) is 4.17. The van der Waals surface area contributed by atoms with Gasteiger partial charge in [0.05, 0.1) is 41.1 Å². The molecule has 8 nitrogen and oxygen atoms in total. The Hall–Kier alpha value is -3.98. The maximum atomic E-state index is 12.8. The standard InChI is InChI=1S/C24H22N4O4S/c1-3-31-24(30)20-12-26-28(16(20)2)19-10-8-17(9-11-19)23(29)27-21-6-4-5-7-22(21)32-13-18-14-33-15-25-18/h4-12,14-15H,3,13H2,1-2H3,(H,27,29). The summed E-state index contributed by atoms with van der Waals surface area (Å²) in [4.78, 5) is 29.0. The summed E-state index contributed by atoms with van der Waals surface area (Å²) in [5, 5.41) is 9.09. The van der Waals surface area contributed by atoms with Crippen LogP contribution in [0.5, 0.6) is 5.75 Å². The van der Waals surface area contributed by atoms with Gasteiger partial charge in [-0.3, -0.25) is 4.79 Å². The van der Waals surface area contributed by atoms with Crippen molar-refractivity contribution in [2.45, 2.75) is 20.5 Å². The third kappa shape index (κ3) is 5.09. The Bertz CT molecular complexity index is 1250. The number of nitrogens with zero attached hydrogens (tertiary/aromatic N) is 3. The molecule has 0 atom stereocenters. The van der Waals surface area contributed by atoms with E-state index in [9.17, 15) is 9.59 Å². The Labute approximate surface area is 194 Å². The Morgan fingerprint density at radius 3 is 2.64 bits per heavy atom. The van der Waals surface area contributed by atoms with Gasteiger partial charge in [-0.2, -0.15) is 5.10 Å². The number of ether oxygens (including phenoxy) is 2. The van der Waals surface area contributed by atoms with Gasteiger partial charge in [-0.15, -0.1) is 11.3 Å². The highest BCUT2D eigenvalue weighted by Crippen LogP contribution is 2.25. The molecule has 0 bridgehead atoms. The van der Waals surface area contributed by atoms with Gasteiger partial charge < -0.3 is 14.8 Å². The van der Waals surface area contributed by atoms with E-state index in [-0.39, 0.29) is 5.91 Å². The number of thiazole rings is 1. The van der Waals surface area contributed by atoms with E-state index < -0.39 is 5.97 Å². The highest BCUT2D eigenvalue weighted by Gasteiger charge is 2.16. The predicted molar refractivity (Wildman–Crippen MR) is 125 cm³/mol. The molecule has 0 saturated carbocycles. The zero-order valence-corrected chi connectivity index (χ0v) is 19.0. The minimum Gasteiger partial charge on any atom is -0.485 e. The zero-order valence-electron chi connectivity index (χ0n) is 18.1. The van der Waals surface area contributed by atoms with Crippen LogP contribution in [0.3, 0.4) is 0 Å². The number of rotatable bonds is 8. The number of esters is 1. The molecule has 2 aromatic heterocycles. The molecule has 1 N–H and O–H groups in total. The quantitative estimate of drug-likeness (QED) is 0.383. The fourth-order valence-corrected chi connectivity index (χ4v) is 3.73. The number of hydrogen-bond acceptors (Lipinski definition) is 7. The van der Waals surface area contributed by atoms with Crippen LogP contribution in [0.15, 0.2) is 65.6 Å². The molecule has 0 unspecified atom stereocenters. The second-order valence-electron chi connectivity index (χ2n) is 7.04. The number of aromatic nitrogens is 3. The SMILES string of the molecule is CCOC(=O)c1cnn(-c2ccc(C(=O)Nc3ccccc3OCc3cscn3)cc2)c1C. The summed E-state index contributed by atoms with van der Waals surface area (Å²) in [5.74, 6) is -0.113. The van der Waals surface area contributed by atoms with Crippen molar-refractivity contribution < 1.29 is 19.1 Å². The van der Waals surface area contributed by atoms with Crippen LogP contribution in [0.4, 0.5) is 5.69 Å². The first-order valence-corrected chi connectivity index (χ1v) is 11.2. The second-order valence-corrected chi connectivity index (χ2v) is 7.76. The normalized spacial score (nSPS) is 10.6. The van der Waals surface area contributed by atoms with E-state index in [2.05, 4.69) is 15.4 Å². The maximum Gasteiger partial charge on any atom is 0.341 e. The molecule has 0 aliphatic rings. The van der Waals surface area contributed by atoms with Gasteiger partial charge in [0.25, 0.3) is 5.91 Å². The highest BCUT2D eigenvalue weighted by molar-refractivity contribution is 7.07. The summed E-state index contributed by atoms with van der Waals surface area (Å²) in [7, 11) is 0. The van der Waals surface area contributed by atoms with Crippen molar-refractivity contribution in [3.8, 4) is 11.4 Å². The van der Waals surface area contributed by atoms with Crippen molar-refractivity contribution in [3.05, 3.63) is 88.1 Å². The van der Waals surface area contributed by atoms with Crippen molar-refractivity contribution in [3.63, 3.8) is 0 Å². The van der Waals surface area contributed by atoms with Gasteiger partial charge in [-0.1, -0.05) is 12.1 Å². The van der Waals surface area contributed by atoms with Gasteiger partial charge in [0.15, 0.2) is 0 Å². The van der Waals surface area contributed by atoms with E-state index in [0.29, 0.717) is 41.5 Å². The molecule has 0 radical (unpaired) electrons. The van der Waals surface area contributed by atoms with Gasteiger partial charge in [-0.05, 0) is 50.2 Å². The van der Waals surface area contributed by atoms with E-state index >= 15 is 0 Å². The summed E-state index contributed by atoms with van der Waals surface area (Å²) >= 11 is 1.50. The predicted octanol–water partition coefficient (Wildman–Crippen LogP) is 4.65. The largest absolute Gasteiger partial charge is 0.485 e. The van der Waals surface area contributed by atoms with Gasteiger partial charge in [0.2, 0.25) is 0 Å². The lowest BCUT2D eigenvalue weighted by atomic mass is 10.1. The fourth-order valence-electron chi connectivity index (χ4n) is 3.18. The monoisotopic (exact) mass is 462 g/mol. The molecule has 0 fully saturated rings. The molecule has 1 amide bonds. The lowest BCUT2D eigenvalue weighted by molar-refractivity contribution is 0.0525. The molecule has 168 valence electrons. The summed E-state index contributed by atoms with van der Waals surface area (Å²) < 4.78 is 12.5. The van der Waals surface area contributed by atoms with E-state index in [4.69, 9.17) is 9.47 Å². The molecule has 0 saturated heterocycles. The Balaban J connectivity index is 1.46. The number of anilines is 1. The van der Waals surface area contributed by atoms with Crippen molar-refractivity contribution in [1.29, 1.82) is 0 Å². The first-order chi connectivity index (χ1) is 16.1. The second kappa shape index (κ2) is 10.1. The minimum absolute atomic E-state index is 0.268. The third-order valence-corrected chi connectivity index (χ3v) is 5.51. The van der Waals surface area contributed by atoms with Crippen molar-refractivity contribution in [1.82, 2.24) is 14.8 Å². The van der Waals surface area contributed by atoms with Gasteiger partial charge >= 0.3 is 5.97 Å². The van der Waals surface area contributed by atoms with Crippen LogP contribution in [0.1, 0.15) is 39.0 Å². The van der Waals surface area contributed by atoms with E-state index in [1.807, 2.05) is 17.5 Å². The molecular weight excluding hydrogens is 440 g/mol. The average Bonchev–Trinajstić information content (AvgIpc) is 3.48. The van der Waals surface area contributed by atoms with Crippen LogP contribution in [-0.2, 0) is 11.3 Å². The Morgan fingerprint density at radius 1 is 1.12 bits per heavy atom. The molecule has 2 heterocycles. The number of benzene rings is 2. The van der Waals surface area contributed by atoms with E-state index in [1.54, 1.807) is 60.4 Å². The lowest BCUT2D eigenvalue weighted by Crippen LogP contribution is -2.13. The number of para-hydroxylation sites is 2. The minimum atomic E-state index is -0.409. The van der Waals surface area contributed by atoms with E-state index in [0.717, 1.165) is 11.4 Å². The van der Waals surface area contributed by atoms with Gasteiger partial charge in [-0.25, -0.2) is 14.5 Å². The third-order valence-electron chi connectivity index (χ3n) is 4.87. The van der Waals surface area contributed by atoms with E-state index in [1.165, 1.54) is 17.5 Å². The van der Waals surface area contributed by atoms with Gasteiger partial charge in [0, 0.05) is 10.9 Å². The molecule has 2 aromatic carbocycles. The molecule has 0 aliphatic heterocycles. The fraction of sp³-hybridized carbons (Fsp3) is 0.167. The number of nitrogens with one attached hydrogen (secondary N) is 1. The summed E-state index contributed by atoms with van der Waals surface area (Å²) in [6, 6.07) is 14.2. The van der Waals surface area contributed by atoms with Crippen molar-refractivity contribution in [2.75, 3.05) is 11.9 Å². The molecule has 0 spiro atoms. The number of hydrogen-bond donors (Lipinski definition) is 1. The Morgan fingerprint density at radius 2 is 1.91 bits per heavy atom. The zero-order chi connectivity index (χ0) is 23.2. The number of carbonyl (C=O) groups excluding carboxylic acids is 2. The van der Waals surface area contributed by atoms with Crippen LogP contribution in [0.25, 0.3) is 5.69 Å². The van der Waals surface area contributed by atoms with Gasteiger partial charge in [0.1, 0.15) is 17.9 Å². The van der Waals surface area contributed by atoms with Crippen LogP contribution in [0, 0.1) is 6.92 Å². The smallest absolute Gasteiger partial charge is 0.341 e. The number of carbonyl (C=O) groups is 2. The van der Waals surface area contributed by atoms with Crippen LogP contribution < -0.4 is 10.1 Å².